The molecule has 0 saturated carbocycles. The number of aryl methyl sites for hydroxylation is 1. The Labute approximate surface area is 160 Å². The highest BCUT2D eigenvalue weighted by atomic mass is 16.5. The van der Waals surface area contributed by atoms with E-state index in [2.05, 4.69) is 9.72 Å². The maximum atomic E-state index is 12.7. The Morgan fingerprint density at radius 2 is 1.79 bits per heavy atom. The molecule has 1 aromatic carbocycles. The van der Waals surface area contributed by atoms with Gasteiger partial charge in [-0.3, -0.25) is 18.5 Å². The molecule has 28 heavy (non-hydrogen) atoms. The van der Waals surface area contributed by atoms with Gasteiger partial charge in [-0.2, -0.15) is 4.98 Å². The van der Waals surface area contributed by atoms with E-state index in [1.807, 2.05) is 13.8 Å². The van der Waals surface area contributed by atoms with Gasteiger partial charge in [0.05, 0.1) is 12.7 Å². The Morgan fingerprint density at radius 3 is 2.36 bits per heavy atom. The van der Waals surface area contributed by atoms with Crippen molar-refractivity contribution in [2.45, 2.75) is 26.3 Å². The highest BCUT2D eigenvalue weighted by molar-refractivity contribution is 5.89. The Kier molecular flexibility index (Phi) is 5.08. The van der Waals surface area contributed by atoms with Crippen molar-refractivity contribution in [3.8, 4) is 11.8 Å². The standard InChI is InChI=1S/C19H22N4O5/c1-6-11(2)23-14-15(21(3)19(26)22(4)16(14)24)20-18(23)28-13-9-7-12(8-10-13)17(25)27-5/h7-11H,6H2,1-5H3. The summed E-state index contributed by atoms with van der Waals surface area (Å²) in [6.07, 6.45) is 0.731. The first kappa shape index (κ1) is 19.4. The zero-order valence-corrected chi connectivity index (χ0v) is 16.4. The molecule has 1 atom stereocenters. The van der Waals surface area contributed by atoms with Crippen LogP contribution >= 0.6 is 0 Å². The topological polar surface area (TPSA) is 97.3 Å². The predicted molar refractivity (Wildman–Crippen MR) is 103 cm³/mol. The van der Waals surface area contributed by atoms with Gasteiger partial charge in [-0.25, -0.2) is 9.59 Å². The van der Waals surface area contributed by atoms with Gasteiger partial charge >= 0.3 is 17.7 Å². The van der Waals surface area contributed by atoms with E-state index in [0.717, 1.165) is 11.0 Å². The van der Waals surface area contributed by atoms with E-state index in [-0.39, 0.29) is 17.7 Å². The van der Waals surface area contributed by atoms with Gasteiger partial charge in [0.25, 0.3) is 5.56 Å². The molecule has 0 N–H and O–H groups in total. The van der Waals surface area contributed by atoms with Crippen molar-refractivity contribution in [3.63, 3.8) is 0 Å². The van der Waals surface area contributed by atoms with Gasteiger partial charge in [0.15, 0.2) is 11.2 Å². The average Bonchev–Trinajstić information content (AvgIpc) is 3.09. The molecule has 0 spiro atoms. The lowest BCUT2D eigenvalue weighted by molar-refractivity contribution is 0.0600. The van der Waals surface area contributed by atoms with Gasteiger partial charge < -0.3 is 9.47 Å². The van der Waals surface area contributed by atoms with Crippen LogP contribution in [0.3, 0.4) is 0 Å². The first-order valence-corrected chi connectivity index (χ1v) is 8.84. The number of ether oxygens (including phenoxy) is 2. The summed E-state index contributed by atoms with van der Waals surface area (Å²) in [6, 6.07) is 6.50. The fourth-order valence-electron chi connectivity index (χ4n) is 2.94. The van der Waals surface area contributed by atoms with Crippen molar-refractivity contribution in [1.29, 1.82) is 0 Å². The van der Waals surface area contributed by atoms with Crippen LogP contribution < -0.4 is 16.0 Å². The van der Waals surface area contributed by atoms with Crippen molar-refractivity contribution < 1.29 is 14.3 Å². The molecule has 9 heteroatoms. The molecular weight excluding hydrogens is 364 g/mol. The molecule has 0 aliphatic heterocycles. The number of carbonyl (C=O) groups excluding carboxylic acids is 1. The number of imidazole rings is 1. The molecule has 148 valence electrons. The van der Waals surface area contributed by atoms with Crippen molar-refractivity contribution >= 4 is 17.1 Å². The SMILES string of the molecule is CCC(C)n1c(Oc2ccc(C(=O)OC)cc2)nc2c1c(=O)n(C)c(=O)n2C. The smallest absolute Gasteiger partial charge is 0.337 e. The summed E-state index contributed by atoms with van der Waals surface area (Å²) in [5, 5.41) is 0. The van der Waals surface area contributed by atoms with Gasteiger partial charge in [0.1, 0.15) is 5.75 Å². The second kappa shape index (κ2) is 7.34. The zero-order valence-electron chi connectivity index (χ0n) is 16.4. The molecule has 9 nitrogen and oxygen atoms in total. The Bertz CT molecular complexity index is 1150. The van der Waals surface area contributed by atoms with Gasteiger partial charge in [-0.1, -0.05) is 6.92 Å². The number of fused-ring (bicyclic) bond motifs is 1. The summed E-state index contributed by atoms with van der Waals surface area (Å²) < 4.78 is 14.7. The van der Waals surface area contributed by atoms with E-state index in [4.69, 9.17) is 4.74 Å². The molecule has 0 saturated heterocycles. The van der Waals surface area contributed by atoms with Crippen LogP contribution in [0.1, 0.15) is 36.7 Å². The molecule has 2 aromatic heterocycles. The van der Waals surface area contributed by atoms with Gasteiger partial charge in [-0.15, -0.1) is 0 Å². The maximum absolute atomic E-state index is 12.7. The lowest BCUT2D eigenvalue weighted by atomic mass is 10.2. The Hall–Kier alpha value is -3.36. The monoisotopic (exact) mass is 386 g/mol. The zero-order chi connectivity index (χ0) is 20.6. The minimum atomic E-state index is -0.458. The number of benzene rings is 1. The molecule has 1 unspecified atom stereocenters. The molecule has 0 aliphatic carbocycles. The van der Waals surface area contributed by atoms with E-state index in [1.54, 1.807) is 35.9 Å². The van der Waals surface area contributed by atoms with Crippen LogP contribution in [0.5, 0.6) is 11.8 Å². The Balaban J connectivity index is 2.17. The van der Waals surface area contributed by atoms with E-state index in [9.17, 15) is 14.4 Å². The molecular formula is C19H22N4O5. The first-order valence-electron chi connectivity index (χ1n) is 8.84. The fraction of sp³-hybridized carbons (Fsp3) is 0.368. The van der Waals surface area contributed by atoms with Crippen LogP contribution in [0.15, 0.2) is 33.9 Å². The number of carbonyl (C=O) groups is 1. The maximum Gasteiger partial charge on any atom is 0.337 e. The quantitative estimate of drug-likeness (QED) is 0.622. The molecule has 3 rings (SSSR count). The van der Waals surface area contributed by atoms with Crippen LogP contribution in [0.25, 0.3) is 11.2 Å². The number of esters is 1. The average molecular weight is 386 g/mol. The predicted octanol–water partition coefficient (Wildman–Crippen LogP) is 1.98. The number of hydrogen-bond donors (Lipinski definition) is 0. The Morgan fingerprint density at radius 1 is 1.14 bits per heavy atom. The highest BCUT2D eigenvalue weighted by Crippen LogP contribution is 2.28. The van der Waals surface area contributed by atoms with Gasteiger partial charge in [-0.05, 0) is 37.6 Å². The lowest BCUT2D eigenvalue weighted by Crippen LogP contribution is -2.37. The molecule has 0 fully saturated rings. The van der Waals surface area contributed by atoms with Crippen LogP contribution in [0.2, 0.25) is 0 Å². The van der Waals surface area contributed by atoms with Gasteiger partial charge in [0, 0.05) is 20.1 Å². The third-order valence-corrected chi connectivity index (χ3v) is 4.78. The van der Waals surface area contributed by atoms with E-state index in [0.29, 0.717) is 16.8 Å². The summed E-state index contributed by atoms with van der Waals surface area (Å²) in [5.74, 6) is -0.00812. The van der Waals surface area contributed by atoms with Crippen molar-refractivity contribution in [2.75, 3.05) is 7.11 Å². The largest absolute Gasteiger partial charge is 0.465 e. The van der Waals surface area contributed by atoms with Crippen molar-refractivity contribution in [1.82, 2.24) is 18.7 Å². The van der Waals surface area contributed by atoms with Crippen LogP contribution in [-0.4, -0.2) is 31.8 Å². The van der Waals surface area contributed by atoms with E-state index >= 15 is 0 Å². The molecule has 0 amide bonds. The minimum Gasteiger partial charge on any atom is -0.465 e. The number of aromatic nitrogens is 4. The number of hydrogen-bond acceptors (Lipinski definition) is 6. The summed E-state index contributed by atoms with van der Waals surface area (Å²) in [5.41, 5.74) is 0.0679. The molecule has 2 heterocycles. The second-order valence-electron chi connectivity index (χ2n) is 6.52. The first-order chi connectivity index (χ1) is 13.3. The van der Waals surface area contributed by atoms with Crippen LogP contribution in [0.4, 0.5) is 0 Å². The minimum absolute atomic E-state index is 0.0838. The third kappa shape index (κ3) is 3.08. The van der Waals surface area contributed by atoms with Crippen LogP contribution in [0, 0.1) is 0 Å². The van der Waals surface area contributed by atoms with E-state index in [1.165, 1.54) is 18.7 Å². The number of rotatable bonds is 5. The lowest BCUT2D eigenvalue weighted by Gasteiger charge is -2.15. The number of methoxy groups -OCH3 is 1. The molecule has 0 aliphatic rings. The third-order valence-electron chi connectivity index (χ3n) is 4.78. The fourth-order valence-corrected chi connectivity index (χ4v) is 2.94. The van der Waals surface area contributed by atoms with Gasteiger partial charge in [0.2, 0.25) is 0 Å². The second-order valence-corrected chi connectivity index (χ2v) is 6.52. The van der Waals surface area contributed by atoms with Crippen molar-refractivity contribution in [2.24, 2.45) is 14.1 Å². The highest BCUT2D eigenvalue weighted by Gasteiger charge is 2.23. The van der Waals surface area contributed by atoms with E-state index < -0.39 is 17.2 Å². The normalized spacial score (nSPS) is 12.2. The molecule has 3 aromatic rings. The molecule has 0 bridgehead atoms. The van der Waals surface area contributed by atoms with Crippen LogP contribution in [-0.2, 0) is 18.8 Å². The van der Waals surface area contributed by atoms with Crippen molar-refractivity contribution in [3.05, 3.63) is 50.7 Å². The molecule has 0 radical (unpaired) electrons. The summed E-state index contributed by atoms with van der Waals surface area (Å²) in [4.78, 5) is 41.0. The summed E-state index contributed by atoms with van der Waals surface area (Å²) in [6.45, 7) is 3.93. The number of nitrogens with zero attached hydrogens (tertiary/aromatic N) is 4. The summed E-state index contributed by atoms with van der Waals surface area (Å²) in [7, 11) is 4.31. The summed E-state index contributed by atoms with van der Waals surface area (Å²) >= 11 is 0.